The molecular weight excluding hydrogens is 252 g/mol. The summed E-state index contributed by atoms with van der Waals surface area (Å²) in [6, 6.07) is 13.4. The summed E-state index contributed by atoms with van der Waals surface area (Å²) in [5.74, 6) is 0.216. The Balaban J connectivity index is 1.81. The van der Waals surface area contributed by atoms with Gasteiger partial charge in [0, 0.05) is 16.9 Å². The van der Waals surface area contributed by atoms with Gasteiger partial charge < -0.3 is 0 Å². The van der Waals surface area contributed by atoms with E-state index in [9.17, 15) is 4.79 Å². The van der Waals surface area contributed by atoms with E-state index in [-0.39, 0.29) is 5.78 Å². The van der Waals surface area contributed by atoms with Crippen molar-refractivity contribution in [1.82, 2.24) is 0 Å². The minimum Gasteiger partial charge on any atom is -0.294 e. The molecule has 1 aromatic heterocycles. The van der Waals surface area contributed by atoms with Crippen molar-refractivity contribution >= 4 is 28.7 Å². The quantitative estimate of drug-likeness (QED) is 0.721. The number of halogens is 1. The molecule has 0 aliphatic rings. The molecular formula is C14H13ClOS. The van der Waals surface area contributed by atoms with Gasteiger partial charge in [0.2, 0.25) is 0 Å². The van der Waals surface area contributed by atoms with Crippen molar-refractivity contribution in [2.24, 2.45) is 0 Å². The second-order valence-electron chi connectivity index (χ2n) is 3.85. The molecule has 1 aromatic carbocycles. The van der Waals surface area contributed by atoms with Crippen LogP contribution in [0.2, 0.25) is 4.34 Å². The second-order valence-corrected chi connectivity index (χ2v) is 5.65. The Morgan fingerprint density at radius 2 is 1.88 bits per heavy atom. The molecule has 0 N–H and O–H groups in total. The van der Waals surface area contributed by atoms with E-state index >= 15 is 0 Å². The first-order chi connectivity index (χ1) is 8.25. The number of thiophene rings is 1. The molecule has 0 spiro atoms. The third-order valence-electron chi connectivity index (χ3n) is 2.55. The van der Waals surface area contributed by atoms with Gasteiger partial charge in [0.1, 0.15) is 0 Å². The number of hydrogen-bond donors (Lipinski definition) is 0. The minimum absolute atomic E-state index is 0.216. The summed E-state index contributed by atoms with van der Waals surface area (Å²) in [5.41, 5.74) is 0.803. The molecule has 0 unspecified atom stereocenters. The first-order valence-corrected chi connectivity index (χ1v) is 6.77. The van der Waals surface area contributed by atoms with Crippen LogP contribution in [0, 0.1) is 0 Å². The van der Waals surface area contributed by atoms with E-state index in [1.54, 1.807) is 11.3 Å². The zero-order valence-electron chi connectivity index (χ0n) is 9.36. The van der Waals surface area contributed by atoms with Crippen molar-refractivity contribution in [1.29, 1.82) is 0 Å². The highest BCUT2D eigenvalue weighted by atomic mass is 35.5. The van der Waals surface area contributed by atoms with Gasteiger partial charge in [-0.05, 0) is 25.0 Å². The largest absolute Gasteiger partial charge is 0.294 e. The van der Waals surface area contributed by atoms with Crippen molar-refractivity contribution in [3.05, 3.63) is 57.2 Å². The monoisotopic (exact) mass is 264 g/mol. The van der Waals surface area contributed by atoms with Crippen LogP contribution in [-0.4, -0.2) is 5.78 Å². The molecule has 0 fully saturated rings. The topological polar surface area (TPSA) is 17.1 Å². The Labute approximate surface area is 110 Å². The van der Waals surface area contributed by atoms with Crippen molar-refractivity contribution < 1.29 is 4.79 Å². The molecule has 88 valence electrons. The number of benzene rings is 1. The van der Waals surface area contributed by atoms with Crippen LogP contribution in [0.3, 0.4) is 0 Å². The lowest BCUT2D eigenvalue weighted by atomic mass is 10.1. The van der Waals surface area contributed by atoms with E-state index in [1.165, 1.54) is 4.88 Å². The SMILES string of the molecule is O=C(CCCc1ccc(Cl)s1)c1ccccc1. The number of aryl methyl sites for hydroxylation is 1. The Hall–Kier alpha value is -1.12. The maximum absolute atomic E-state index is 11.8. The average molecular weight is 265 g/mol. The summed E-state index contributed by atoms with van der Waals surface area (Å²) < 4.78 is 0.814. The van der Waals surface area contributed by atoms with Crippen molar-refractivity contribution in [2.45, 2.75) is 19.3 Å². The molecule has 0 radical (unpaired) electrons. The highest BCUT2D eigenvalue weighted by Gasteiger charge is 2.05. The number of hydrogen-bond acceptors (Lipinski definition) is 2. The van der Waals surface area contributed by atoms with Crippen molar-refractivity contribution in [2.75, 3.05) is 0 Å². The predicted molar refractivity (Wildman–Crippen MR) is 73.0 cm³/mol. The van der Waals surface area contributed by atoms with Gasteiger partial charge in [-0.1, -0.05) is 41.9 Å². The normalized spacial score (nSPS) is 10.4. The summed E-state index contributed by atoms with van der Waals surface area (Å²) in [6.45, 7) is 0. The molecule has 0 bridgehead atoms. The van der Waals surface area contributed by atoms with E-state index < -0.39 is 0 Å². The molecule has 1 nitrogen and oxygen atoms in total. The van der Waals surface area contributed by atoms with Gasteiger partial charge in [-0.3, -0.25) is 4.79 Å². The lowest BCUT2D eigenvalue weighted by Crippen LogP contribution is -1.98. The summed E-state index contributed by atoms with van der Waals surface area (Å²) >= 11 is 7.44. The second kappa shape index (κ2) is 5.99. The van der Waals surface area contributed by atoms with Crippen molar-refractivity contribution in [3.8, 4) is 0 Å². The minimum atomic E-state index is 0.216. The zero-order valence-corrected chi connectivity index (χ0v) is 10.9. The van der Waals surface area contributed by atoms with Crippen LogP contribution >= 0.6 is 22.9 Å². The molecule has 17 heavy (non-hydrogen) atoms. The molecule has 0 atom stereocenters. The van der Waals surface area contributed by atoms with Gasteiger partial charge in [-0.2, -0.15) is 0 Å². The fraction of sp³-hybridized carbons (Fsp3) is 0.214. The lowest BCUT2D eigenvalue weighted by molar-refractivity contribution is 0.0980. The van der Waals surface area contributed by atoms with E-state index in [2.05, 4.69) is 0 Å². The number of Topliss-reactive ketones (excluding diaryl/α,β-unsaturated/α-hetero) is 1. The van der Waals surface area contributed by atoms with Gasteiger partial charge in [-0.15, -0.1) is 11.3 Å². The number of ketones is 1. The third kappa shape index (κ3) is 3.69. The highest BCUT2D eigenvalue weighted by molar-refractivity contribution is 7.16. The lowest BCUT2D eigenvalue weighted by Gasteiger charge is -1.99. The predicted octanol–water partition coefficient (Wildman–Crippen LogP) is 4.61. The fourth-order valence-electron chi connectivity index (χ4n) is 1.68. The van der Waals surface area contributed by atoms with E-state index in [1.807, 2.05) is 42.5 Å². The van der Waals surface area contributed by atoms with Crippen LogP contribution in [0.1, 0.15) is 28.1 Å². The van der Waals surface area contributed by atoms with Crippen LogP contribution in [0.25, 0.3) is 0 Å². The maximum Gasteiger partial charge on any atom is 0.162 e. The third-order valence-corrected chi connectivity index (χ3v) is 3.84. The Morgan fingerprint density at radius 1 is 1.12 bits per heavy atom. The van der Waals surface area contributed by atoms with Crippen LogP contribution in [0.5, 0.6) is 0 Å². The smallest absolute Gasteiger partial charge is 0.162 e. The van der Waals surface area contributed by atoms with Gasteiger partial charge in [-0.25, -0.2) is 0 Å². The van der Waals surface area contributed by atoms with Gasteiger partial charge >= 0.3 is 0 Å². The fourth-order valence-corrected chi connectivity index (χ4v) is 2.81. The molecule has 2 rings (SSSR count). The molecule has 2 aromatic rings. The van der Waals surface area contributed by atoms with Crippen molar-refractivity contribution in [3.63, 3.8) is 0 Å². The van der Waals surface area contributed by atoms with Crippen LogP contribution < -0.4 is 0 Å². The Bertz CT molecular complexity index is 490. The average Bonchev–Trinajstić information content (AvgIpc) is 2.76. The summed E-state index contributed by atoms with van der Waals surface area (Å²) in [5, 5.41) is 0. The maximum atomic E-state index is 11.8. The van der Waals surface area contributed by atoms with Crippen LogP contribution in [0.4, 0.5) is 0 Å². The van der Waals surface area contributed by atoms with E-state index in [0.717, 1.165) is 22.7 Å². The van der Waals surface area contributed by atoms with Crippen LogP contribution in [0.15, 0.2) is 42.5 Å². The Kier molecular flexibility index (Phi) is 4.35. The molecule has 0 saturated carbocycles. The Morgan fingerprint density at radius 3 is 2.53 bits per heavy atom. The first-order valence-electron chi connectivity index (χ1n) is 5.58. The van der Waals surface area contributed by atoms with Crippen LogP contribution in [-0.2, 0) is 6.42 Å². The molecule has 3 heteroatoms. The highest BCUT2D eigenvalue weighted by Crippen LogP contribution is 2.23. The molecule has 1 heterocycles. The summed E-state index contributed by atoms with van der Waals surface area (Å²) in [7, 11) is 0. The first kappa shape index (κ1) is 12.3. The van der Waals surface area contributed by atoms with Gasteiger partial charge in [0.15, 0.2) is 5.78 Å². The summed E-state index contributed by atoms with van der Waals surface area (Å²) in [6.07, 6.45) is 2.40. The number of carbonyl (C=O) groups excluding carboxylic acids is 1. The standard InChI is InChI=1S/C14H13ClOS/c15-14-10-9-12(17-14)7-4-8-13(16)11-5-2-1-3-6-11/h1-3,5-6,9-10H,4,7-8H2. The van der Waals surface area contributed by atoms with E-state index in [0.29, 0.717) is 6.42 Å². The summed E-state index contributed by atoms with van der Waals surface area (Å²) in [4.78, 5) is 13.1. The molecule has 0 saturated heterocycles. The zero-order chi connectivity index (χ0) is 12.1. The number of carbonyl (C=O) groups is 1. The molecule has 0 amide bonds. The molecule has 0 aliphatic heterocycles. The van der Waals surface area contributed by atoms with Gasteiger partial charge in [0.05, 0.1) is 4.34 Å². The van der Waals surface area contributed by atoms with Gasteiger partial charge in [0.25, 0.3) is 0 Å². The van der Waals surface area contributed by atoms with E-state index in [4.69, 9.17) is 11.6 Å². The number of rotatable bonds is 5. The molecule has 0 aliphatic carbocycles.